The number of hydrogen-bond acceptors (Lipinski definition) is 3. The van der Waals surface area contributed by atoms with Gasteiger partial charge in [0.2, 0.25) is 11.8 Å². The van der Waals surface area contributed by atoms with Crippen molar-refractivity contribution in [2.24, 2.45) is 11.1 Å². The van der Waals surface area contributed by atoms with Crippen LogP contribution >= 0.6 is 0 Å². The molecule has 0 unspecified atom stereocenters. The maximum atomic E-state index is 12.8. The fourth-order valence-electron chi connectivity index (χ4n) is 3.41. The van der Waals surface area contributed by atoms with Gasteiger partial charge < -0.3 is 15.7 Å². The molecule has 1 heterocycles. The van der Waals surface area contributed by atoms with Crippen LogP contribution in [0.3, 0.4) is 0 Å². The monoisotopic (exact) mass is 316 g/mol. The lowest BCUT2D eigenvalue weighted by Crippen LogP contribution is -2.54. The van der Waals surface area contributed by atoms with Crippen molar-refractivity contribution in [3.05, 3.63) is 35.9 Å². The summed E-state index contributed by atoms with van der Waals surface area (Å²) in [7, 11) is 0. The smallest absolute Gasteiger partial charge is 0.249 e. The molecule has 1 saturated heterocycles. The molecule has 1 aromatic carbocycles. The molecule has 0 bridgehead atoms. The van der Waals surface area contributed by atoms with Crippen LogP contribution in [0.5, 0.6) is 0 Å². The SMILES string of the molecule is NC(=O)C1(O)CCN(C(=O)C2(CCc3ccccc3)CC2)CC1. The van der Waals surface area contributed by atoms with Crippen LogP contribution in [0.1, 0.15) is 37.7 Å². The number of carbonyl (C=O) groups excluding carboxylic acids is 2. The molecule has 3 rings (SSSR count). The van der Waals surface area contributed by atoms with E-state index < -0.39 is 11.5 Å². The quantitative estimate of drug-likeness (QED) is 0.857. The van der Waals surface area contributed by atoms with Crippen LogP contribution in [0.4, 0.5) is 0 Å². The van der Waals surface area contributed by atoms with Crippen molar-refractivity contribution < 1.29 is 14.7 Å². The number of primary amides is 1. The molecule has 2 aliphatic rings. The van der Waals surface area contributed by atoms with E-state index in [-0.39, 0.29) is 24.2 Å². The molecule has 1 aliphatic heterocycles. The third-order valence-electron chi connectivity index (χ3n) is 5.38. The van der Waals surface area contributed by atoms with Crippen molar-refractivity contribution in [3.8, 4) is 0 Å². The molecule has 1 aliphatic carbocycles. The first-order valence-electron chi connectivity index (χ1n) is 8.31. The topological polar surface area (TPSA) is 83.6 Å². The number of nitrogens with zero attached hydrogens (tertiary/aromatic N) is 1. The Morgan fingerprint density at radius 1 is 1.09 bits per heavy atom. The maximum absolute atomic E-state index is 12.8. The number of hydrogen-bond donors (Lipinski definition) is 2. The average molecular weight is 316 g/mol. The molecule has 1 saturated carbocycles. The van der Waals surface area contributed by atoms with Gasteiger partial charge in [0.25, 0.3) is 0 Å². The van der Waals surface area contributed by atoms with Crippen molar-refractivity contribution in [1.82, 2.24) is 4.90 Å². The van der Waals surface area contributed by atoms with Gasteiger partial charge in [-0.05, 0) is 31.2 Å². The minimum atomic E-state index is -1.45. The summed E-state index contributed by atoms with van der Waals surface area (Å²) in [5.41, 5.74) is 4.83. The number of rotatable bonds is 5. The highest BCUT2D eigenvalue weighted by atomic mass is 16.3. The van der Waals surface area contributed by atoms with Crippen molar-refractivity contribution in [2.75, 3.05) is 13.1 Å². The molecule has 124 valence electrons. The molecule has 5 nitrogen and oxygen atoms in total. The summed E-state index contributed by atoms with van der Waals surface area (Å²) in [6.07, 6.45) is 4.13. The lowest BCUT2D eigenvalue weighted by molar-refractivity contribution is -0.149. The lowest BCUT2D eigenvalue weighted by atomic mass is 9.88. The van der Waals surface area contributed by atoms with E-state index in [1.807, 2.05) is 18.2 Å². The minimum Gasteiger partial charge on any atom is -0.380 e. The van der Waals surface area contributed by atoms with E-state index in [1.165, 1.54) is 5.56 Å². The van der Waals surface area contributed by atoms with Gasteiger partial charge in [-0.3, -0.25) is 9.59 Å². The number of carbonyl (C=O) groups is 2. The van der Waals surface area contributed by atoms with Crippen LogP contribution in [0.15, 0.2) is 30.3 Å². The maximum Gasteiger partial charge on any atom is 0.249 e. The third kappa shape index (κ3) is 3.24. The van der Waals surface area contributed by atoms with E-state index in [2.05, 4.69) is 12.1 Å². The van der Waals surface area contributed by atoms with Gasteiger partial charge in [-0.1, -0.05) is 30.3 Å². The van der Waals surface area contributed by atoms with E-state index in [9.17, 15) is 14.7 Å². The second kappa shape index (κ2) is 5.96. The summed E-state index contributed by atoms with van der Waals surface area (Å²) in [5.74, 6) is -0.505. The van der Waals surface area contributed by atoms with E-state index >= 15 is 0 Å². The largest absolute Gasteiger partial charge is 0.380 e. The number of aliphatic hydroxyl groups is 1. The molecule has 0 aromatic heterocycles. The summed E-state index contributed by atoms with van der Waals surface area (Å²) < 4.78 is 0. The van der Waals surface area contributed by atoms with Crippen LogP contribution in [0.2, 0.25) is 0 Å². The highest BCUT2D eigenvalue weighted by Crippen LogP contribution is 2.51. The van der Waals surface area contributed by atoms with Crippen LogP contribution in [0, 0.1) is 5.41 Å². The number of amides is 2. The first kappa shape index (κ1) is 16.0. The van der Waals surface area contributed by atoms with E-state index in [1.54, 1.807) is 4.90 Å². The van der Waals surface area contributed by atoms with Gasteiger partial charge in [0.05, 0.1) is 0 Å². The number of piperidine rings is 1. The van der Waals surface area contributed by atoms with Crippen LogP contribution in [0.25, 0.3) is 0 Å². The summed E-state index contributed by atoms with van der Waals surface area (Å²) in [6, 6.07) is 10.2. The fraction of sp³-hybridized carbons (Fsp3) is 0.556. The molecule has 2 amide bonds. The molecule has 1 aromatic rings. The number of nitrogens with two attached hydrogens (primary N) is 1. The highest BCUT2D eigenvalue weighted by molar-refractivity contribution is 5.87. The Labute approximate surface area is 136 Å². The second-order valence-corrected chi connectivity index (χ2v) is 6.95. The van der Waals surface area contributed by atoms with E-state index in [0.29, 0.717) is 13.1 Å². The average Bonchev–Trinajstić information content (AvgIpc) is 3.35. The van der Waals surface area contributed by atoms with E-state index in [4.69, 9.17) is 5.73 Å². The molecule has 5 heteroatoms. The van der Waals surface area contributed by atoms with Crippen LogP contribution in [-0.4, -0.2) is 40.5 Å². The van der Waals surface area contributed by atoms with Gasteiger partial charge in [-0.15, -0.1) is 0 Å². The molecule has 23 heavy (non-hydrogen) atoms. The Morgan fingerprint density at radius 3 is 2.22 bits per heavy atom. The van der Waals surface area contributed by atoms with Gasteiger partial charge in [0.1, 0.15) is 5.60 Å². The number of benzene rings is 1. The Hall–Kier alpha value is -1.88. The summed E-state index contributed by atoms with van der Waals surface area (Å²) in [4.78, 5) is 25.9. The van der Waals surface area contributed by atoms with Crippen molar-refractivity contribution in [2.45, 2.75) is 44.1 Å². The van der Waals surface area contributed by atoms with Gasteiger partial charge in [-0.2, -0.15) is 0 Å². The fourth-order valence-corrected chi connectivity index (χ4v) is 3.41. The van der Waals surface area contributed by atoms with E-state index in [0.717, 1.165) is 25.7 Å². The molecular formula is C18H24N2O3. The molecule has 0 radical (unpaired) electrons. The zero-order valence-corrected chi connectivity index (χ0v) is 13.3. The Bertz CT molecular complexity index is 588. The van der Waals surface area contributed by atoms with Crippen LogP contribution < -0.4 is 5.73 Å². The van der Waals surface area contributed by atoms with Gasteiger partial charge >= 0.3 is 0 Å². The summed E-state index contributed by atoms with van der Waals surface area (Å²) >= 11 is 0. The molecule has 2 fully saturated rings. The third-order valence-corrected chi connectivity index (χ3v) is 5.38. The lowest BCUT2D eigenvalue weighted by Gasteiger charge is -2.37. The molecule has 0 atom stereocenters. The van der Waals surface area contributed by atoms with Crippen LogP contribution in [-0.2, 0) is 16.0 Å². The summed E-state index contributed by atoms with van der Waals surface area (Å²) in [5, 5.41) is 10.1. The van der Waals surface area contributed by atoms with Gasteiger partial charge in [-0.25, -0.2) is 0 Å². The number of likely N-dealkylation sites (tertiary alicyclic amines) is 1. The summed E-state index contributed by atoms with van der Waals surface area (Å²) in [6.45, 7) is 0.816. The van der Waals surface area contributed by atoms with Gasteiger partial charge in [0, 0.05) is 31.3 Å². The Kier molecular flexibility index (Phi) is 4.15. The zero-order valence-electron chi connectivity index (χ0n) is 13.3. The molecular weight excluding hydrogens is 292 g/mol. The minimum absolute atomic E-state index is 0.181. The van der Waals surface area contributed by atoms with Crippen molar-refractivity contribution in [1.29, 1.82) is 0 Å². The first-order chi connectivity index (χ1) is 11.0. The van der Waals surface area contributed by atoms with Gasteiger partial charge in [0.15, 0.2) is 0 Å². The first-order valence-corrected chi connectivity index (χ1v) is 8.31. The predicted molar refractivity (Wildman–Crippen MR) is 86.4 cm³/mol. The zero-order chi connectivity index (χ0) is 16.5. The molecule has 0 spiro atoms. The van der Waals surface area contributed by atoms with Crippen molar-refractivity contribution >= 4 is 11.8 Å². The highest BCUT2D eigenvalue weighted by Gasteiger charge is 2.52. The molecule has 3 N–H and O–H groups in total. The second-order valence-electron chi connectivity index (χ2n) is 6.95. The predicted octanol–water partition coefficient (Wildman–Crippen LogP) is 1.24. The standard InChI is InChI=1S/C18H24N2O3/c19-15(21)18(23)10-12-20(13-11-18)16(22)17(8-9-17)7-6-14-4-2-1-3-5-14/h1-5,23H,6-13H2,(H2,19,21). The normalized spacial score (nSPS) is 21.7. The van der Waals surface area contributed by atoms with Crippen molar-refractivity contribution in [3.63, 3.8) is 0 Å². The Balaban J connectivity index is 1.57. The Morgan fingerprint density at radius 2 is 1.70 bits per heavy atom. The number of aryl methyl sites for hydroxylation is 1.